The zero-order valence-corrected chi connectivity index (χ0v) is 12.6. The third-order valence-corrected chi connectivity index (χ3v) is 3.69. The minimum atomic E-state index is -0.428. The SMILES string of the molecule is CNC(c1ccc(Cl)c(OC)c1)c1cccc(Cl)c1F. The monoisotopic (exact) mass is 313 g/mol. The van der Waals surface area contributed by atoms with E-state index < -0.39 is 5.82 Å². The van der Waals surface area contributed by atoms with Crippen LogP contribution >= 0.6 is 23.2 Å². The first-order valence-corrected chi connectivity index (χ1v) is 6.78. The van der Waals surface area contributed by atoms with Gasteiger partial charge < -0.3 is 10.1 Å². The molecular formula is C15H14Cl2FNO. The third-order valence-electron chi connectivity index (χ3n) is 3.09. The molecule has 0 amide bonds. The second-order valence-electron chi connectivity index (χ2n) is 4.26. The van der Waals surface area contributed by atoms with E-state index in [0.29, 0.717) is 16.3 Å². The standard InChI is InChI=1S/C15H14Cl2FNO/c1-19-15(10-4-3-5-12(17)14(10)18)9-6-7-11(16)13(8-9)20-2/h3-8,15,19H,1-2H3. The molecular weight excluding hydrogens is 300 g/mol. The summed E-state index contributed by atoms with van der Waals surface area (Å²) in [6.45, 7) is 0. The third kappa shape index (κ3) is 2.90. The highest BCUT2D eigenvalue weighted by molar-refractivity contribution is 6.32. The molecule has 0 spiro atoms. The van der Waals surface area contributed by atoms with Gasteiger partial charge in [0, 0.05) is 5.56 Å². The number of ether oxygens (including phenoxy) is 1. The number of methoxy groups -OCH3 is 1. The number of hydrogen-bond donors (Lipinski definition) is 1. The summed E-state index contributed by atoms with van der Waals surface area (Å²) in [4.78, 5) is 0. The molecule has 2 rings (SSSR count). The van der Waals surface area contributed by atoms with Crippen LogP contribution in [0.25, 0.3) is 0 Å². The fourth-order valence-electron chi connectivity index (χ4n) is 2.10. The van der Waals surface area contributed by atoms with E-state index in [9.17, 15) is 4.39 Å². The van der Waals surface area contributed by atoms with Crippen LogP contribution in [0.3, 0.4) is 0 Å². The molecule has 1 unspecified atom stereocenters. The first-order valence-electron chi connectivity index (χ1n) is 6.03. The molecule has 1 atom stereocenters. The quantitative estimate of drug-likeness (QED) is 0.900. The summed E-state index contributed by atoms with van der Waals surface area (Å²) in [6.07, 6.45) is 0. The maximum atomic E-state index is 14.2. The van der Waals surface area contributed by atoms with Gasteiger partial charge in [0.15, 0.2) is 0 Å². The first kappa shape index (κ1) is 15.1. The number of benzene rings is 2. The van der Waals surface area contributed by atoms with E-state index in [4.69, 9.17) is 27.9 Å². The number of rotatable bonds is 4. The van der Waals surface area contributed by atoms with Gasteiger partial charge in [0.05, 0.1) is 23.2 Å². The molecule has 2 nitrogen and oxygen atoms in total. The molecule has 5 heteroatoms. The lowest BCUT2D eigenvalue weighted by Gasteiger charge is -2.19. The molecule has 20 heavy (non-hydrogen) atoms. The highest BCUT2D eigenvalue weighted by Crippen LogP contribution is 2.32. The summed E-state index contributed by atoms with van der Waals surface area (Å²) < 4.78 is 19.3. The van der Waals surface area contributed by atoms with Crippen molar-refractivity contribution in [3.63, 3.8) is 0 Å². The average molecular weight is 314 g/mol. The molecule has 0 aliphatic rings. The van der Waals surface area contributed by atoms with Gasteiger partial charge in [-0.1, -0.05) is 41.4 Å². The smallest absolute Gasteiger partial charge is 0.146 e. The van der Waals surface area contributed by atoms with E-state index in [0.717, 1.165) is 5.56 Å². The lowest BCUT2D eigenvalue weighted by molar-refractivity contribution is 0.414. The predicted octanol–water partition coefficient (Wildman–Crippen LogP) is 4.45. The zero-order valence-electron chi connectivity index (χ0n) is 11.1. The summed E-state index contributed by atoms with van der Waals surface area (Å²) in [5.41, 5.74) is 1.32. The van der Waals surface area contributed by atoms with E-state index in [1.54, 1.807) is 38.4 Å². The van der Waals surface area contributed by atoms with Crippen LogP contribution in [0, 0.1) is 5.82 Å². The Morgan fingerprint density at radius 2 is 1.90 bits per heavy atom. The molecule has 0 fully saturated rings. The molecule has 0 aromatic heterocycles. The first-order chi connectivity index (χ1) is 9.58. The van der Waals surface area contributed by atoms with Gasteiger partial charge in [-0.15, -0.1) is 0 Å². The maximum absolute atomic E-state index is 14.2. The van der Waals surface area contributed by atoms with Crippen molar-refractivity contribution >= 4 is 23.2 Å². The van der Waals surface area contributed by atoms with Crippen LogP contribution in [0.15, 0.2) is 36.4 Å². The number of halogens is 3. The van der Waals surface area contributed by atoms with Crippen LogP contribution in [-0.4, -0.2) is 14.2 Å². The molecule has 106 valence electrons. The van der Waals surface area contributed by atoms with Gasteiger partial charge in [0.25, 0.3) is 0 Å². The second kappa shape index (κ2) is 6.44. The fraction of sp³-hybridized carbons (Fsp3) is 0.200. The van der Waals surface area contributed by atoms with E-state index in [-0.39, 0.29) is 11.1 Å². The van der Waals surface area contributed by atoms with Crippen molar-refractivity contribution in [2.75, 3.05) is 14.2 Å². The van der Waals surface area contributed by atoms with Gasteiger partial charge in [-0.3, -0.25) is 0 Å². The van der Waals surface area contributed by atoms with E-state index in [1.807, 2.05) is 6.07 Å². The summed E-state index contributed by atoms with van der Waals surface area (Å²) in [6, 6.07) is 9.94. The normalized spacial score (nSPS) is 12.2. The van der Waals surface area contributed by atoms with Crippen molar-refractivity contribution < 1.29 is 9.13 Å². The van der Waals surface area contributed by atoms with Crippen LogP contribution in [0.4, 0.5) is 4.39 Å². The number of hydrogen-bond acceptors (Lipinski definition) is 2. The van der Waals surface area contributed by atoms with Gasteiger partial charge in [0.1, 0.15) is 11.6 Å². The van der Waals surface area contributed by atoms with Crippen molar-refractivity contribution in [3.05, 3.63) is 63.4 Å². The van der Waals surface area contributed by atoms with Crippen LogP contribution in [-0.2, 0) is 0 Å². The van der Waals surface area contributed by atoms with Crippen molar-refractivity contribution in [2.45, 2.75) is 6.04 Å². The Labute approximate surface area is 127 Å². The fourth-order valence-corrected chi connectivity index (χ4v) is 2.48. The lowest BCUT2D eigenvalue weighted by atomic mass is 9.98. The molecule has 0 radical (unpaired) electrons. The largest absolute Gasteiger partial charge is 0.495 e. The highest BCUT2D eigenvalue weighted by Gasteiger charge is 2.19. The van der Waals surface area contributed by atoms with Crippen molar-refractivity contribution in [3.8, 4) is 5.75 Å². The summed E-state index contributed by atoms with van der Waals surface area (Å²) in [5.74, 6) is 0.120. The Balaban J connectivity index is 2.49. The van der Waals surface area contributed by atoms with Gasteiger partial charge in [-0.05, 0) is 30.8 Å². The van der Waals surface area contributed by atoms with Crippen molar-refractivity contribution in [1.82, 2.24) is 5.32 Å². The van der Waals surface area contributed by atoms with Crippen molar-refractivity contribution in [2.24, 2.45) is 0 Å². The summed E-state index contributed by atoms with van der Waals surface area (Å²) in [5, 5.41) is 3.69. The number of nitrogens with one attached hydrogen (secondary N) is 1. The van der Waals surface area contributed by atoms with Crippen LogP contribution in [0.2, 0.25) is 10.0 Å². The molecule has 0 saturated heterocycles. The lowest BCUT2D eigenvalue weighted by Crippen LogP contribution is -2.19. The van der Waals surface area contributed by atoms with Crippen molar-refractivity contribution in [1.29, 1.82) is 0 Å². The second-order valence-corrected chi connectivity index (χ2v) is 5.07. The Morgan fingerprint density at radius 1 is 1.15 bits per heavy atom. The van der Waals surface area contributed by atoms with Gasteiger partial charge >= 0.3 is 0 Å². The minimum absolute atomic E-state index is 0.101. The van der Waals surface area contributed by atoms with Crippen LogP contribution in [0.1, 0.15) is 17.2 Å². The highest BCUT2D eigenvalue weighted by atomic mass is 35.5. The predicted molar refractivity (Wildman–Crippen MR) is 80.3 cm³/mol. The van der Waals surface area contributed by atoms with Gasteiger partial charge in [-0.2, -0.15) is 0 Å². The minimum Gasteiger partial charge on any atom is -0.495 e. The van der Waals surface area contributed by atoms with E-state index in [2.05, 4.69) is 5.32 Å². The van der Waals surface area contributed by atoms with Crippen LogP contribution in [0.5, 0.6) is 5.75 Å². The zero-order chi connectivity index (χ0) is 14.7. The maximum Gasteiger partial charge on any atom is 0.146 e. The van der Waals surface area contributed by atoms with Gasteiger partial charge in [-0.25, -0.2) is 4.39 Å². The topological polar surface area (TPSA) is 21.3 Å². The molecule has 1 N–H and O–H groups in total. The molecule has 0 bridgehead atoms. The Hall–Kier alpha value is -1.29. The Bertz CT molecular complexity index is 619. The molecule has 2 aromatic rings. The summed E-state index contributed by atoms with van der Waals surface area (Å²) in [7, 11) is 3.30. The summed E-state index contributed by atoms with van der Waals surface area (Å²) >= 11 is 11.8. The molecule has 0 saturated carbocycles. The Morgan fingerprint density at radius 3 is 2.55 bits per heavy atom. The molecule has 0 heterocycles. The van der Waals surface area contributed by atoms with Gasteiger partial charge in [0.2, 0.25) is 0 Å². The van der Waals surface area contributed by atoms with Crippen LogP contribution < -0.4 is 10.1 Å². The molecule has 0 aliphatic carbocycles. The molecule has 0 aliphatic heterocycles. The Kier molecular flexibility index (Phi) is 4.86. The average Bonchev–Trinajstić information content (AvgIpc) is 2.45. The molecule has 2 aromatic carbocycles. The van der Waals surface area contributed by atoms with E-state index >= 15 is 0 Å². The van der Waals surface area contributed by atoms with E-state index in [1.165, 1.54) is 6.07 Å².